The van der Waals surface area contributed by atoms with Gasteiger partial charge < -0.3 is 9.64 Å². The zero-order valence-corrected chi connectivity index (χ0v) is 9.21. The molecule has 0 spiro atoms. The molecule has 1 aromatic carbocycles. The fraction of sp³-hybridized carbons (Fsp3) is 0.300. The van der Waals surface area contributed by atoms with Crippen molar-refractivity contribution >= 4 is 23.2 Å². The molecule has 0 fully saturated rings. The van der Waals surface area contributed by atoms with Crippen LogP contribution in [0.3, 0.4) is 0 Å². The number of likely N-dealkylation sites (N-methyl/N-ethyl adjacent to an activating group) is 1. The highest BCUT2D eigenvalue weighted by Crippen LogP contribution is 2.21. The molecule has 0 saturated carbocycles. The van der Waals surface area contributed by atoms with Crippen molar-refractivity contribution < 1.29 is 13.9 Å². The lowest BCUT2D eigenvalue weighted by molar-refractivity contribution is -0.121. The number of hydrogen-bond donors (Lipinski definition) is 0. The number of anilines is 1. The van der Waals surface area contributed by atoms with E-state index in [1.807, 2.05) is 0 Å². The van der Waals surface area contributed by atoms with E-state index in [0.29, 0.717) is 5.69 Å². The summed E-state index contributed by atoms with van der Waals surface area (Å²) >= 11 is 5.60. The van der Waals surface area contributed by atoms with E-state index in [1.54, 1.807) is 7.05 Å². The molecule has 0 aliphatic heterocycles. The number of halogens is 2. The second kappa shape index (κ2) is 5.09. The molecule has 0 saturated heterocycles. The number of rotatable bonds is 3. The molecule has 0 aliphatic carbocycles. The Labute approximate surface area is 92.4 Å². The van der Waals surface area contributed by atoms with E-state index in [9.17, 15) is 9.18 Å². The lowest BCUT2D eigenvalue weighted by Crippen LogP contribution is -2.29. The number of nitrogens with zero attached hydrogens (tertiary/aromatic N) is 1. The minimum absolute atomic E-state index is 0.00966. The molecule has 0 heterocycles. The fourth-order valence-electron chi connectivity index (χ4n) is 1.06. The van der Waals surface area contributed by atoms with Crippen LogP contribution in [0.25, 0.3) is 0 Å². The molecule has 0 radical (unpaired) electrons. The van der Waals surface area contributed by atoms with Crippen LogP contribution in [0.5, 0.6) is 0 Å². The van der Waals surface area contributed by atoms with Crippen molar-refractivity contribution in [2.24, 2.45) is 0 Å². The molecule has 0 aromatic heterocycles. The van der Waals surface area contributed by atoms with Crippen molar-refractivity contribution in [2.45, 2.75) is 0 Å². The van der Waals surface area contributed by atoms with E-state index in [0.717, 1.165) is 0 Å². The number of hydrogen-bond acceptors (Lipinski definition) is 2. The van der Waals surface area contributed by atoms with Crippen LogP contribution in [0.2, 0.25) is 5.02 Å². The smallest absolute Gasteiger partial charge is 0.252 e. The van der Waals surface area contributed by atoms with Crippen molar-refractivity contribution in [1.82, 2.24) is 0 Å². The zero-order chi connectivity index (χ0) is 11.4. The van der Waals surface area contributed by atoms with Gasteiger partial charge in [-0.25, -0.2) is 4.39 Å². The van der Waals surface area contributed by atoms with E-state index in [2.05, 4.69) is 0 Å². The van der Waals surface area contributed by atoms with Gasteiger partial charge in [0.25, 0.3) is 5.91 Å². The monoisotopic (exact) mass is 231 g/mol. The van der Waals surface area contributed by atoms with Crippen LogP contribution in [0.4, 0.5) is 10.1 Å². The quantitative estimate of drug-likeness (QED) is 0.797. The molecule has 0 bridgehead atoms. The standard InChI is InChI=1S/C10H11ClFNO2/c1-13(10(14)6-15-2)7-3-4-9(12)8(11)5-7/h3-5H,6H2,1-2H3. The number of carbonyl (C=O) groups is 1. The molecule has 3 nitrogen and oxygen atoms in total. The molecule has 0 atom stereocenters. The Morgan fingerprint density at radius 2 is 2.27 bits per heavy atom. The number of carbonyl (C=O) groups excluding carboxylic acids is 1. The van der Waals surface area contributed by atoms with Gasteiger partial charge in [0.05, 0.1) is 5.02 Å². The summed E-state index contributed by atoms with van der Waals surface area (Å²) < 4.78 is 17.6. The van der Waals surface area contributed by atoms with Crippen LogP contribution in [0.1, 0.15) is 0 Å². The molecule has 0 unspecified atom stereocenters. The first kappa shape index (κ1) is 11.9. The van der Waals surface area contributed by atoms with E-state index in [-0.39, 0.29) is 17.5 Å². The highest BCUT2D eigenvalue weighted by atomic mass is 35.5. The van der Waals surface area contributed by atoms with Gasteiger partial charge in [-0.15, -0.1) is 0 Å². The summed E-state index contributed by atoms with van der Waals surface area (Å²) in [6.45, 7) is -0.0223. The molecule has 5 heteroatoms. The minimum Gasteiger partial charge on any atom is -0.375 e. The van der Waals surface area contributed by atoms with Gasteiger partial charge in [0.15, 0.2) is 0 Å². The number of benzene rings is 1. The molecule has 1 aromatic rings. The van der Waals surface area contributed by atoms with Gasteiger partial charge in [-0.2, -0.15) is 0 Å². The molecule has 15 heavy (non-hydrogen) atoms. The Kier molecular flexibility index (Phi) is 4.05. The highest BCUT2D eigenvalue weighted by molar-refractivity contribution is 6.31. The lowest BCUT2D eigenvalue weighted by Gasteiger charge is -2.17. The normalized spacial score (nSPS) is 10.1. The molecule has 82 valence electrons. The maximum Gasteiger partial charge on any atom is 0.252 e. The lowest BCUT2D eigenvalue weighted by atomic mass is 10.3. The van der Waals surface area contributed by atoms with E-state index < -0.39 is 5.82 Å². The van der Waals surface area contributed by atoms with Gasteiger partial charge >= 0.3 is 0 Å². The van der Waals surface area contributed by atoms with Crippen LogP contribution >= 0.6 is 11.6 Å². The molecule has 1 amide bonds. The predicted octanol–water partition coefficient (Wildman–Crippen LogP) is 2.09. The van der Waals surface area contributed by atoms with Crippen LogP contribution in [-0.2, 0) is 9.53 Å². The van der Waals surface area contributed by atoms with Crippen LogP contribution in [0, 0.1) is 5.82 Å². The predicted molar refractivity (Wildman–Crippen MR) is 56.7 cm³/mol. The maximum absolute atomic E-state index is 12.9. The number of ether oxygens (including phenoxy) is 1. The topological polar surface area (TPSA) is 29.5 Å². The second-order valence-electron chi connectivity index (χ2n) is 2.98. The third kappa shape index (κ3) is 2.91. The van der Waals surface area contributed by atoms with E-state index in [1.165, 1.54) is 30.2 Å². The van der Waals surface area contributed by atoms with Crippen LogP contribution in [-0.4, -0.2) is 26.7 Å². The summed E-state index contributed by atoms with van der Waals surface area (Å²) in [5.41, 5.74) is 0.531. The summed E-state index contributed by atoms with van der Waals surface area (Å²) in [6.07, 6.45) is 0. The van der Waals surface area contributed by atoms with E-state index >= 15 is 0 Å². The fourth-order valence-corrected chi connectivity index (χ4v) is 1.23. The van der Waals surface area contributed by atoms with Crippen LogP contribution in [0.15, 0.2) is 18.2 Å². The SMILES string of the molecule is COCC(=O)N(C)c1ccc(F)c(Cl)c1. The Morgan fingerprint density at radius 1 is 1.60 bits per heavy atom. The van der Waals surface area contributed by atoms with Gasteiger partial charge in [0.2, 0.25) is 0 Å². The summed E-state index contributed by atoms with van der Waals surface area (Å²) in [5.74, 6) is -0.729. The summed E-state index contributed by atoms with van der Waals surface area (Å²) in [4.78, 5) is 12.8. The Hall–Kier alpha value is -1.13. The molecular formula is C10H11ClFNO2. The van der Waals surface area contributed by atoms with Crippen LogP contribution < -0.4 is 4.90 Å². The zero-order valence-electron chi connectivity index (χ0n) is 8.46. The molecule has 1 rings (SSSR count). The second-order valence-corrected chi connectivity index (χ2v) is 3.39. The average Bonchev–Trinajstić information content (AvgIpc) is 2.21. The van der Waals surface area contributed by atoms with Crippen molar-refractivity contribution in [1.29, 1.82) is 0 Å². The largest absolute Gasteiger partial charge is 0.375 e. The Bertz CT molecular complexity index is 370. The summed E-state index contributed by atoms with van der Waals surface area (Å²) in [7, 11) is 3.01. The Morgan fingerprint density at radius 3 is 2.80 bits per heavy atom. The number of amides is 1. The third-order valence-electron chi connectivity index (χ3n) is 1.93. The first-order chi connectivity index (χ1) is 7.06. The van der Waals surface area contributed by atoms with E-state index in [4.69, 9.17) is 16.3 Å². The summed E-state index contributed by atoms with van der Waals surface area (Å²) in [6, 6.07) is 4.09. The first-order valence-electron chi connectivity index (χ1n) is 4.27. The van der Waals surface area contributed by atoms with Gasteiger partial charge in [0.1, 0.15) is 12.4 Å². The average molecular weight is 232 g/mol. The van der Waals surface area contributed by atoms with Crippen molar-refractivity contribution in [3.05, 3.63) is 29.0 Å². The summed E-state index contributed by atoms with van der Waals surface area (Å²) in [5, 5.41) is -0.00966. The third-order valence-corrected chi connectivity index (χ3v) is 2.22. The minimum atomic E-state index is -0.506. The van der Waals surface area contributed by atoms with Gasteiger partial charge in [-0.05, 0) is 18.2 Å². The number of methoxy groups -OCH3 is 1. The van der Waals surface area contributed by atoms with Crippen molar-refractivity contribution in [2.75, 3.05) is 25.7 Å². The van der Waals surface area contributed by atoms with Crippen molar-refractivity contribution in [3.63, 3.8) is 0 Å². The highest BCUT2D eigenvalue weighted by Gasteiger charge is 2.11. The Balaban J connectivity index is 2.86. The molecule has 0 N–H and O–H groups in total. The van der Waals surface area contributed by atoms with Gasteiger partial charge in [-0.1, -0.05) is 11.6 Å². The van der Waals surface area contributed by atoms with Gasteiger partial charge in [-0.3, -0.25) is 4.79 Å². The molecular weight excluding hydrogens is 221 g/mol. The maximum atomic E-state index is 12.9. The van der Waals surface area contributed by atoms with Gasteiger partial charge in [0, 0.05) is 19.8 Å². The molecule has 0 aliphatic rings. The van der Waals surface area contributed by atoms with Crippen molar-refractivity contribution in [3.8, 4) is 0 Å². The first-order valence-corrected chi connectivity index (χ1v) is 4.64.